The molecule has 2 aliphatic heterocycles. The Labute approximate surface area is 169 Å². The Bertz CT molecular complexity index is 1010. The zero-order chi connectivity index (χ0) is 19.6. The minimum atomic E-state index is -0.0288. The Kier molecular flexibility index (Phi) is 4.89. The van der Waals surface area contributed by atoms with Gasteiger partial charge in [-0.3, -0.25) is 4.79 Å². The molecule has 2 fully saturated rings. The normalized spacial score (nSPS) is 20.3. The number of carbonyl (C=O) groups is 1. The molecule has 0 bridgehead atoms. The van der Waals surface area contributed by atoms with E-state index in [0.717, 1.165) is 68.1 Å². The first-order chi connectivity index (χ1) is 14.3. The van der Waals surface area contributed by atoms with Crippen LogP contribution in [0.3, 0.4) is 0 Å². The quantitative estimate of drug-likeness (QED) is 0.715. The molecular formula is C22H25N5O2. The zero-order valence-corrected chi connectivity index (χ0v) is 16.3. The number of nitrogens with zero attached hydrogens (tertiary/aromatic N) is 3. The first-order valence-corrected chi connectivity index (χ1v) is 10.3. The Morgan fingerprint density at radius 1 is 1.17 bits per heavy atom. The molecule has 2 aliphatic rings. The maximum atomic E-state index is 12.8. The minimum Gasteiger partial charge on any atom is -0.381 e. The molecule has 2 aromatic heterocycles. The number of rotatable bonds is 4. The monoisotopic (exact) mass is 391 g/mol. The Morgan fingerprint density at radius 2 is 2.07 bits per heavy atom. The highest BCUT2D eigenvalue weighted by molar-refractivity contribution is 6.06. The fourth-order valence-corrected chi connectivity index (χ4v) is 4.34. The fraction of sp³-hybridized carbons (Fsp3) is 0.409. The van der Waals surface area contributed by atoms with E-state index in [9.17, 15) is 4.79 Å². The van der Waals surface area contributed by atoms with E-state index in [1.54, 1.807) is 0 Å². The average molecular weight is 391 g/mol. The van der Waals surface area contributed by atoms with Crippen LogP contribution in [0.2, 0.25) is 0 Å². The van der Waals surface area contributed by atoms with Gasteiger partial charge in [-0.25, -0.2) is 9.97 Å². The van der Waals surface area contributed by atoms with Crippen molar-refractivity contribution >= 4 is 22.8 Å². The number of carbonyl (C=O) groups excluding carboxylic acids is 1. The summed E-state index contributed by atoms with van der Waals surface area (Å²) in [6.45, 7) is 3.17. The van der Waals surface area contributed by atoms with E-state index < -0.39 is 0 Å². The number of aromatic amines is 1. The predicted octanol–water partition coefficient (Wildman–Crippen LogP) is 2.86. The summed E-state index contributed by atoms with van der Waals surface area (Å²) in [5.74, 6) is 1.18. The molecular weight excluding hydrogens is 366 g/mol. The van der Waals surface area contributed by atoms with E-state index in [1.807, 2.05) is 42.7 Å². The van der Waals surface area contributed by atoms with Crippen molar-refractivity contribution in [2.75, 3.05) is 31.2 Å². The summed E-state index contributed by atoms with van der Waals surface area (Å²) in [5, 5.41) is 4.14. The molecule has 150 valence electrons. The van der Waals surface area contributed by atoms with Gasteiger partial charge in [0, 0.05) is 72.8 Å². The number of fused-ring (bicyclic) bond motifs is 1. The molecule has 0 aliphatic carbocycles. The highest BCUT2D eigenvalue weighted by Crippen LogP contribution is 2.27. The standard InChI is InChI=1S/C22H25N5O2/c28-21(18-2-1-3-20-17(18)4-9-23-20)25-16-6-11-27(14-16)22-24-10-5-19(26-22)15-7-12-29-13-8-15/h1-5,9-10,15-16,23H,6-8,11-14H2,(H,25,28). The summed E-state index contributed by atoms with van der Waals surface area (Å²) in [6, 6.07) is 9.81. The second kappa shape index (κ2) is 7.83. The van der Waals surface area contributed by atoms with Gasteiger partial charge in [0.2, 0.25) is 5.95 Å². The van der Waals surface area contributed by atoms with Crippen LogP contribution in [-0.4, -0.2) is 53.2 Å². The molecule has 5 rings (SSSR count). The van der Waals surface area contributed by atoms with Gasteiger partial charge in [-0.2, -0.15) is 0 Å². The third kappa shape index (κ3) is 3.70. The first kappa shape index (κ1) is 18.1. The van der Waals surface area contributed by atoms with Gasteiger partial charge < -0.3 is 19.9 Å². The van der Waals surface area contributed by atoms with Crippen LogP contribution in [-0.2, 0) is 4.74 Å². The predicted molar refractivity (Wildman–Crippen MR) is 111 cm³/mol. The van der Waals surface area contributed by atoms with Crippen LogP contribution in [0, 0.1) is 0 Å². The number of benzene rings is 1. The molecule has 1 unspecified atom stereocenters. The molecule has 4 heterocycles. The molecule has 1 aromatic carbocycles. The summed E-state index contributed by atoms with van der Waals surface area (Å²) in [5.41, 5.74) is 2.79. The molecule has 1 atom stereocenters. The van der Waals surface area contributed by atoms with Crippen molar-refractivity contribution in [3.05, 3.63) is 54.0 Å². The number of hydrogen-bond acceptors (Lipinski definition) is 5. The summed E-state index contributed by atoms with van der Waals surface area (Å²) >= 11 is 0. The lowest BCUT2D eigenvalue weighted by atomic mass is 9.96. The molecule has 0 spiro atoms. The second-order valence-electron chi connectivity index (χ2n) is 7.82. The Hall–Kier alpha value is -2.93. The molecule has 2 saturated heterocycles. The van der Waals surface area contributed by atoms with E-state index in [2.05, 4.69) is 20.2 Å². The minimum absolute atomic E-state index is 0.0288. The molecule has 0 saturated carbocycles. The van der Waals surface area contributed by atoms with E-state index in [-0.39, 0.29) is 11.9 Å². The first-order valence-electron chi connectivity index (χ1n) is 10.3. The van der Waals surface area contributed by atoms with Crippen molar-refractivity contribution in [3.63, 3.8) is 0 Å². The Morgan fingerprint density at radius 3 is 2.97 bits per heavy atom. The van der Waals surface area contributed by atoms with Crippen molar-refractivity contribution < 1.29 is 9.53 Å². The van der Waals surface area contributed by atoms with Crippen molar-refractivity contribution in [1.29, 1.82) is 0 Å². The number of aromatic nitrogens is 3. The lowest BCUT2D eigenvalue weighted by Gasteiger charge is -2.23. The third-order valence-corrected chi connectivity index (χ3v) is 5.95. The molecule has 29 heavy (non-hydrogen) atoms. The summed E-state index contributed by atoms with van der Waals surface area (Å²) < 4.78 is 5.46. The molecule has 7 heteroatoms. The van der Waals surface area contributed by atoms with E-state index in [0.29, 0.717) is 11.5 Å². The number of ether oxygens (including phenoxy) is 1. The van der Waals surface area contributed by atoms with Gasteiger partial charge >= 0.3 is 0 Å². The summed E-state index contributed by atoms with van der Waals surface area (Å²) in [4.78, 5) is 27.5. The van der Waals surface area contributed by atoms with Gasteiger partial charge in [0.15, 0.2) is 0 Å². The lowest BCUT2D eigenvalue weighted by molar-refractivity contribution is 0.0845. The van der Waals surface area contributed by atoms with Gasteiger partial charge in [0.25, 0.3) is 5.91 Å². The zero-order valence-electron chi connectivity index (χ0n) is 16.3. The number of anilines is 1. The van der Waals surface area contributed by atoms with E-state index in [4.69, 9.17) is 9.72 Å². The summed E-state index contributed by atoms with van der Waals surface area (Å²) in [6.07, 6.45) is 6.63. The van der Waals surface area contributed by atoms with Crippen LogP contribution >= 0.6 is 0 Å². The van der Waals surface area contributed by atoms with Crippen molar-refractivity contribution in [2.45, 2.75) is 31.2 Å². The number of H-pyrrole nitrogens is 1. The van der Waals surface area contributed by atoms with Crippen LogP contribution in [0.4, 0.5) is 5.95 Å². The maximum absolute atomic E-state index is 12.8. The highest BCUT2D eigenvalue weighted by Gasteiger charge is 2.27. The van der Waals surface area contributed by atoms with E-state index in [1.165, 1.54) is 0 Å². The van der Waals surface area contributed by atoms with Crippen molar-refractivity contribution in [2.24, 2.45) is 0 Å². The van der Waals surface area contributed by atoms with Crippen LogP contribution in [0.25, 0.3) is 10.9 Å². The van der Waals surface area contributed by atoms with Crippen molar-refractivity contribution in [3.8, 4) is 0 Å². The van der Waals surface area contributed by atoms with Crippen LogP contribution in [0.5, 0.6) is 0 Å². The smallest absolute Gasteiger partial charge is 0.252 e. The number of amides is 1. The maximum Gasteiger partial charge on any atom is 0.252 e. The molecule has 3 aromatic rings. The van der Waals surface area contributed by atoms with Gasteiger partial charge in [0.05, 0.1) is 0 Å². The Balaban J connectivity index is 1.26. The van der Waals surface area contributed by atoms with Crippen LogP contribution in [0.1, 0.15) is 41.2 Å². The largest absolute Gasteiger partial charge is 0.381 e. The van der Waals surface area contributed by atoms with Gasteiger partial charge in [-0.05, 0) is 43.5 Å². The second-order valence-corrected chi connectivity index (χ2v) is 7.82. The summed E-state index contributed by atoms with van der Waals surface area (Å²) in [7, 11) is 0. The average Bonchev–Trinajstić information content (AvgIpc) is 3.44. The van der Waals surface area contributed by atoms with Gasteiger partial charge in [0.1, 0.15) is 0 Å². The van der Waals surface area contributed by atoms with Crippen molar-refractivity contribution in [1.82, 2.24) is 20.3 Å². The highest BCUT2D eigenvalue weighted by atomic mass is 16.5. The lowest BCUT2D eigenvalue weighted by Crippen LogP contribution is -2.37. The SMILES string of the molecule is O=C(NC1CCN(c2nccc(C3CCOCC3)n2)C1)c1cccc2[nH]ccc12. The molecule has 0 radical (unpaired) electrons. The molecule has 1 amide bonds. The number of hydrogen-bond donors (Lipinski definition) is 2. The fourth-order valence-electron chi connectivity index (χ4n) is 4.34. The third-order valence-electron chi connectivity index (χ3n) is 5.95. The topological polar surface area (TPSA) is 83.1 Å². The van der Waals surface area contributed by atoms with Gasteiger partial charge in [-0.1, -0.05) is 6.07 Å². The number of nitrogens with one attached hydrogen (secondary N) is 2. The molecule has 2 N–H and O–H groups in total. The van der Waals surface area contributed by atoms with E-state index >= 15 is 0 Å². The van der Waals surface area contributed by atoms with Gasteiger partial charge in [-0.15, -0.1) is 0 Å². The van der Waals surface area contributed by atoms with Crippen LogP contribution in [0.15, 0.2) is 42.7 Å². The molecule has 7 nitrogen and oxygen atoms in total. The van der Waals surface area contributed by atoms with Crippen LogP contribution < -0.4 is 10.2 Å².